The molecule has 0 spiro atoms. The van der Waals surface area contributed by atoms with Gasteiger partial charge in [0.05, 0.1) is 22.8 Å². The van der Waals surface area contributed by atoms with E-state index in [0.717, 1.165) is 0 Å². The van der Waals surface area contributed by atoms with E-state index in [1.807, 2.05) is 6.92 Å². The number of hydrogen-bond acceptors (Lipinski definition) is 4. The monoisotopic (exact) mass is 361 g/mol. The summed E-state index contributed by atoms with van der Waals surface area (Å²) in [5, 5.41) is 4.18. The molecule has 1 aromatic carbocycles. The van der Waals surface area contributed by atoms with Crippen LogP contribution in [0.25, 0.3) is 0 Å². The normalized spacial score (nSPS) is 21.3. The first-order valence-corrected chi connectivity index (χ1v) is 7.70. The van der Waals surface area contributed by atoms with E-state index in [-0.39, 0.29) is 11.7 Å². The van der Waals surface area contributed by atoms with Crippen LogP contribution < -0.4 is 5.32 Å². The van der Waals surface area contributed by atoms with E-state index in [4.69, 9.17) is 34.8 Å². The van der Waals surface area contributed by atoms with Gasteiger partial charge in [0.1, 0.15) is 5.92 Å². The zero-order valence-corrected chi connectivity index (χ0v) is 14.2. The van der Waals surface area contributed by atoms with Gasteiger partial charge in [-0.2, -0.15) is 0 Å². The van der Waals surface area contributed by atoms with Crippen LogP contribution in [0, 0.1) is 11.8 Å². The van der Waals surface area contributed by atoms with Crippen molar-refractivity contribution in [3.05, 3.63) is 39.0 Å². The summed E-state index contributed by atoms with van der Waals surface area (Å²) in [7, 11) is 1.27. The lowest BCUT2D eigenvalue weighted by molar-refractivity contribution is -0.150. The summed E-state index contributed by atoms with van der Waals surface area (Å²) < 4.78 is 4.67. The van der Waals surface area contributed by atoms with Crippen molar-refractivity contribution < 1.29 is 14.3 Å². The summed E-state index contributed by atoms with van der Waals surface area (Å²) in [6.07, 6.45) is 1.89. The number of allylic oxidation sites excluding steroid dienone is 2. The first-order chi connectivity index (χ1) is 10.3. The van der Waals surface area contributed by atoms with E-state index in [0.29, 0.717) is 32.9 Å². The quantitative estimate of drug-likeness (QED) is 0.642. The van der Waals surface area contributed by atoms with Gasteiger partial charge in [0.2, 0.25) is 0 Å². The number of methoxy groups -OCH3 is 1. The van der Waals surface area contributed by atoms with E-state index < -0.39 is 11.9 Å². The Morgan fingerprint density at radius 3 is 2.36 bits per heavy atom. The lowest BCUT2D eigenvalue weighted by Crippen LogP contribution is -2.34. The zero-order chi connectivity index (χ0) is 16.4. The number of ether oxygens (including phenoxy) is 1. The molecule has 0 aliphatic heterocycles. The standard InChI is InChI=1S/C15H14Cl3NO3/c1-7-3-9(6-12(20)13(7)15(21)22-2)19-14-10(17)4-8(16)5-11(14)18/h4-7,13,19H,3H2,1-2H3/t7-,13+/m1/s1. The minimum Gasteiger partial charge on any atom is -0.468 e. The third kappa shape index (κ3) is 3.57. The van der Waals surface area contributed by atoms with Gasteiger partial charge in [-0.1, -0.05) is 41.7 Å². The molecule has 1 N–H and O–H groups in total. The number of nitrogens with one attached hydrogen (secondary N) is 1. The molecule has 2 atom stereocenters. The van der Waals surface area contributed by atoms with Crippen LogP contribution in [0.5, 0.6) is 0 Å². The average Bonchev–Trinajstić information content (AvgIpc) is 2.41. The summed E-state index contributed by atoms with van der Waals surface area (Å²) in [4.78, 5) is 23.8. The number of halogens is 3. The molecule has 0 aromatic heterocycles. The molecule has 22 heavy (non-hydrogen) atoms. The Bertz CT molecular complexity index is 634. The van der Waals surface area contributed by atoms with E-state index >= 15 is 0 Å². The molecule has 0 fully saturated rings. The first kappa shape index (κ1) is 17.1. The van der Waals surface area contributed by atoms with Crippen molar-refractivity contribution in [2.75, 3.05) is 12.4 Å². The van der Waals surface area contributed by atoms with Crippen LogP contribution in [0.2, 0.25) is 15.1 Å². The molecule has 1 aromatic rings. The van der Waals surface area contributed by atoms with Gasteiger partial charge in [0.25, 0.3) is 0 Å². The van der Waals surface area contributed by atoms with Crippen LogP contribution in [0.15, 0.2) is 23.9 Å². The first-order valence-electron chi connectivity index (χ1n) is 6.57. The van der Waals surface area contributed by atoms with Crippen LogP contribution in [-0.4, -0.2) is 18.9 Å². The fourth-order valence-corrected chi connectivity index (χ4v) is 3.36. The molecule has 0 saturated carbocycles. The van der Waals surface area contributed by atoms with Crippen molar-refractivity contribution in [2.24, 2.45) is 11.8 Å². The Kier molecular flexibility index (Phi) is 5.37. The molecule has 0 unspecified atom stereocenters. The van der Waals surface area contributed by atoms with E-state index in [1.165, 1.54) is 13.2 Å². The Morgan fingerprint density at radius 2 is 1.86 bits per heavy atom. The van der Waals surface area contributed by atoms with Gasteiger partial charge in [0, 0.05) is 16.8 Å². The van der Waals surface area contributed by atoms with Crippen LogP contribution >= 0.6 is 34.8 Å². The largest absolute Gasteiger partial charge is 0.468 e. The van der Waals surface area contributed by atoms with Crippen molar-refractivity contribution in [3.8, 4) is 0 Å². The van der Waals surface area contributed by atoms with Crippen LogP contribution in [-0.2, 0) is 14.3 Å². The molecule has 0 bridgehead atoms. The predicted molar refractivity (Wildman–Crippen MR) is 87.5 cm³/mol. The fourth-order valence-electron chi connectivity index (χ4n) is 2.45. The predicted octanol–water partition coefficient (Wildman–Crippen LogP) is 4.34. The van der Waals surface area contributed by atoms with Crippen LogP contribution in [0.3, 0.4) is 0 Å². The molecule has 118 valence electrons. The highest BCUT2D eigenvalue weighted by Crippen LogP contribution is 2.36. The molecule has 2 rings (SSSR count). The second-order valence-electron chi connectivity index (χ2n) is 5.12. The number of rotatable bonds is 3. The highest BCUT2D eigenvalue weighted by Gasteiger charge is 2.36. The minimum absolute atomic E-state index is 0.183. The average molecular weight is 363 g/mol. The number of benzene rings is 1. The van der Waals surface area contributed by atoms with Crippen molar-refractivity contribution in [3.63, 3.8) is 0 Å². The number of esters is 1. The number of ketones is 1. The summed E-state index contributed by atoms with van der Waals surface area (Å²) in [5.41, 5.74) is 1.12. The Morgan fingerprint density at radius 1 is 1.27 bits per heavy atom. The summed E-state index contributed by atoms with van der Waals surface area (Å²) >= 11 is 18.1. The maximum absolute atomic E-state index is 12.1. The lowest BCUT2D eigenvalue weighted by atomic mass is 9.82. The SMILES string of the molecule is COC(=O)[C@@H]1C(=O)C=C(Nc2c(Cl)cc(Cl)cc2Cl)C[C@H]1C. The molecule has 4 nitrogen and oxygen atoms in total. The van der Waals surface area contributed by atoms with Crippen molar-refractivity contribution in [1.82, 2.24) is 0 Å². The Balaban J connectivity index is 2.26. The number of carbonyl (C=O) groups excluding carboxylic acids is 2. The third-order valence-corrected chi connectivity index (χ3v) is 4.30. The molecule has 0 saturated heterocycles. The highest BCUT2D eigenvalue weighted by molar-refractivity contribution is 6.41. The molecule has 0 radical (unpaired) electrons. The number of carbonyl (C=O) groups is 2. The second-order valence-corrected chi connectivity index (χ2v) is 6.37. The Hall–Kier alpha value is -1.23. The van der Waals surface area contributed by atoms with E-state index in [9.17, 15) is 9.59 Å². The summed E-state index contributed by atoms with van der Waals surface area (Å²) in [5.74, 6) is -1.77. The third-order valence-electron chi connectivity index (χ3n) is 3.48. The molecule has 0 heterocycles. The van der Waals surface area contributed by atoms with Gasteiger partial charge in [0.15, 0.2) is 5.78 Å². The molecule has 1 aliphatic carbocycles. The second kappa shape index (κ2) is 6.90. The minimum atomic E-state index is -0.772. The smallest absolute Gasteiger partial charge is 0.316 e. The Labute approximate surface area is 143 Å². The molecule has 0 amide bonds. The summed E-state index contributed by atoms with van der Waals surface area (Å²) in [6, 6.07) is 3.12. The van der Waals surface area contributed by atoms with E-state index in [2.05, 4.69) is 10.1 Å². The van der Waals surface area contributed by atoms with Crippen molar-refractivity contribution in [1.29, 1.82) is 0 Å². The molecular weight excluding hydrogens is 349 g/mol. The highest BCUT2D eigenvalue weighted by atomic mass is 35.5. The fraction of sp³-hybridized carbons (Fsp3) is 0.333. The van der Waals surface area contributed by atoms with Gasteiger partial charge < -0.3 is 10.1 Å². The lowest BCUT2D eigenvalue weighted by Gasteiger charge is -2.26. The van der Waals surface area contributed by atoms with Crippen LogP contribution in [0.1, 0.15) is 13.3 Å². The van der Waals surface area contributed by atoms with Gasteiger partial charge in [-0.15, -0.1) is 0 Å². The summed E-state index contributed by atoms with van der Waals surface area (Å²) in [6.45, 7) is 1.82. The van der Waals surface area contributed by atoms with Gasteiger partial charge in [-0.25, -0.2) is 0 Å². The topological polar surface area (TPSA) is 55.4 Å². The van der Waals surface area contributed by atoms with Crippen molar-refractivity contribution in [2.45, 2.75) is 13.3 Å². The van der Waals surface area contributed by atoms with Crippen molar-refractivity contribution >= 4 is 52.2 Å². The van der Waals surface area contributed by atoms with Gasteiger partial charge in [-0.3, -0.25) is 9.59 Å². The molecular formula is C15H14Cl3NO3. The number of anilines is 1. The van der Waals surface area contributed by atoms with E-state index in [1.54, 1.807) is 12.1 Å². The maximum atomic E-state index is 12.1. The molecule has 1 aliphatic rings. The zero-order valence-electron chi connectivity index (χ0n) is 12.0. The maximum Gasteiger partial charge on any atom is 0.316 e. The van der Waals surface area contributed by atoms with Gasteiger partial charge >= 0.3 is 5.97 Å². The molecule has 7 heteroatoms. The van der Waals surface area contributed by atoms with Crippen LogP contribution in [0.4, 0.5) is 5.69 Å². The number of hydrogen-bond donors (Lipinski definition) is 1. The van der Waals surface area contributed by atoms with Gasteiger partial charge in [-0.05, 0) is 24.5 Å².